The van der Waals surface area contributed by atoms with Gasteiger partial charge in [0.25, 0.3) is 5.91 Å². The quantitative estimate of drug-likeness (QED) is 0.278. The number of nitrogens with zero attached hydrogens (tertiary/aromatic N) is 7. The third kappa shape index (κ3) is 5.01. The lowest BCUT2D eigenvalue weighted by Crippen LogP contribution is -2.94. The van der Waals surface area contributed by atoms with Gasteiger partial charge < -0.3 is 30.5 Å². The average molecular weight is 630 g/mol. The molecular formula is C25H20B9F2N9O3. The Bertz CT molecular complexity index is 1770. The monoisotopic (exact) mass is 631 g/mol. The van der Waals surface area contributed by atoms with Crippen molar-refractivity contribution in [1.82, 2.24) is 29.4 Å². The number of rotatable bonds is 5. The summed E-state index contributed by atoms with van der Waals surface area (Å²) in [5, 5.41) is -4.78. The van der Waals surface area contributed by atoms with Crippen LogP contribution < -0.4 is 16.0 Å². The van der Waals surface area contributed by atoms with Gasteiger partial charge in [0, 0.05) is 18.4 Å². The zero-order valence-corrected chi connectivity index (χ0v) is 25.5. The number of fused-ring (bicyclic) bond motifs is 1. The number of amides is 2. The van der Waals surface area contributed by atoms with Gasteiger partial charge in [0.2, 0.25) is 5.91 Å². The van der Waals surface area contributed by atoms with Crippen LogP contribution in [0.2, 0.25) is 5.31 Å². The Labute approximate surface area is 287 Å². The summed E-state index contributed by atoms with van der Waals surface area (Å²) in [4.78, 5) is 38.6. The van der Waals surface area contributed by atoms with E-state index in [-0.39, 0.29) is 67.5 Å². The van der Waals surface area contributed by atoms with Crippen LogP contribution >= 0.6 is 0 Å². The fourth-order valence-electron chi connectivity index (χ4n) is 6.41. The third-order valence-corrected chi connectivity index (χ3v) is 9.22. The van der Waals surface area contributed by atoms with Crippen molar-refractivity contribution >= 4 is 105 Å². The highest BCUT2D eigenvalue weighted by atomic mass is 19.1. The Morgan fingerprint density at radius 3 is 2.08 bits per heavy atom. The topological polar surface area (TPSA) is 134 Å². The van der Waals surface area contributed by atoms with Gasteiger partial charge in [-0.2, -0.15) is 0 Å². The summed E-state index contributed by atoms with van der Waals surface area (Å²) in [6, 6.07) is -0.575. The van der Waals surface area contributed by atoms with Gasteiger partial charge in [0.1, 0.15) is 11.3 Å². The fraction of sp³-hybridized carbons (Fsp3) is 0.480. The molecule has 3 aliphatic rings. The predicted octanol–water partition coefficient (Wildman–Crippen LogP) is -3.33. The van der Waals surface area contributed by atoms with E-state index in [0.29, 0.717) is 4.90 Å². The summed E-state index contributed by atoms with van der Waals surface area (Å²) < 4.78 is 35.2. The highest BCUT2D eigenvalue weighted by Gasteiger charge is 2.64. The molecule has 3 aliphatic heterocycles. The zero-order chi connectivity index (χ0) is 35.2. The van der Waals surface area contributed by atoms with Crippen LogP contribution in [0.25, 0.3) is 5.65 Å². The van der Waals surface area contributed by atoms with Gasteiger partial charge in [-0.15, -0.1) is 5.10 Å². The van der Waals surface area contributed by atoms with E-state index in [0.717, 1.165) is 28.0 Å². The maximum absolute atomic E-state index is 15.4. The number of hydrogen-bond acceptors (Lipinski definition) is 9. The molecule has 48 heavy (non-hydrogen) atoms. The third-order valence-electron chi connectivity index (χ3n) is 9.22. The summed E-state index contributed by atoms with van der Waals surface area (Å²) in [6.07, 6.45) is 3.77. The van der Waals surface area contributed by atoms with Crippen molar-refractivity contribution in [2.75, 3.05) is 42.3 Å². The lowest BCUT2D eigenvalue weighted by Gasteiger charge is -2.77. The summed E-state index contributed by atoms with van der Waals surface area (Å²) in [6.45, 7) is 0.144. The Hall–Kier alpha value is -3.33. The zero-order valence-electron chi connectivity index (χ0n) is 25.5. The number of piperazine rings is 1. The lowest BCUT2D eigenvalue weighted by atomic mass is 9.26. The fourth-order valence-corrected chi connectivity index (χ4v) is 6.41. The molecule has 0 bridgehead atoms. The summed E-state index contributed by atoms with van der Waals surface area (Å²) in [7, 11) is 58.2. The van der Waals surface area contributed by atoms with E-state index >= 15 is 4.39 Å². The largest absolute Gasteiger partial charge is 0.381 e. The molecule has 3 N–H and O–H groups in total. The van der Waals surface area contributed by atoms with Crippen LogP contribution in [0.1, 0.15) is 23.2 Å². The van der Waals surface area contributed by atoms with Crippen LogP contribution in [0.3, 0.4) is 0 Å². The number of piperidine rings is 1. The number of hydrogen-bond donors (Lipinski definition) is 2. The predicted molar refractivity (Wildman–Crippen MR) is 180 cm³/mol. The number of carbonyl (C=O) groups is 2. The van der Waals surface area contributed by atoms with Gasteiger partial charge in [-0.3, -0.25) is 14.6 Å². The molecule has 2 amide bonds. The van der Waals surface area contributed by atoms with E-state index in [9.17, 15) is 14.0 Å². The van der Waals surface area contributed by atoms with Gasteiger partial charge in [-0.1, -0.05) is 0 Å². The number of anilines is 3. The molecule has 12 nitrogen and oxygen atoms in total. The molecule has 6 rings (SSSR count). The van der Waals surface area contributed by atoms with Crippen molar-refractivity contribution in [2.45, 2.75) is 45.5 Å². The summed E-state index contributed by atoms with van der Waals surface area (Å²) >= 11 is 0. The van der Waals surface area contributed by atoms with Gasteiger partial charge in [0.15, 0.2) is 23.1 Å². The molecule has 23 heteroatoms. The average Bonchev–Trinajstić information content (AvgIpc) is 3.29. The maximum atomic E-state index is 15.4. The second kappa shape index (κ2) is 11.4. The molecule has 6 heterocycles. The number of pyridine rings is 1. The highest BCUT2D eigenvalue weighted by Crippen LogP contribution is 2.49. The second-order valence-corrected chi connectivity index (χ2v) is 12.4. The molecule has 3 fully saturated rings. The van der Waals surface area contributed by atoms with Crippen LogP contribution in [0.15, 0.2) is 24.8 Å². The molecule has 0 aliphatic carbocycles. The molecule has 224 valence electrons. The van der Waals surface area contributed by atoms with Crippen LogP contribution in [0.4, 0.5) is 26.0 Å². The second-order valence-electron chi connectivity index (χ2n) is 12.4. The first-order valence-electron chi connectivity index (χ1n) is 14.6. The first-order valence-corrected chi connectivity index (χ1v) is 14.6. The molecule has 3 aromatic heterocycles. The molecule has 0 aromatic carbocycles. The van der Waals surface area contributed by atoms with Gasteiger partial charge >= 0.3 is 0 Å². The van der Waals surface area contributed by atoms with Crippen molar-refractivity contribution in [3.05, 3.63) is 42.0 Å². The molecule has 0 atom stereocenters. The van der Waals surface area contributed by atoms with Crippen LogP contribution in [-0.2, 0) is 9.53 Å². The Balaban J connectivity index is 1.25. The maximum Gasteiger partial charge on any atom is 0.263 e. The van der Waals surface area contributed by atoms with Crippen LogP contribution in [-0.4, -0.2) is 166 Å². The minimum Gasteiger partial charge on any atom is -0.381 e. The van der Waals surface area contributed by atoms with E-state index in [1.807, 2.05) is 0 Å². The Morgan fingerprint density at radius 1 is 0.917 bits per heavy atom. The van der Waals surface area contributed by atoms with Crippen molar-refractivity contribution < 1.29 is 23.1 Å². The van der Waals surface area contributed by atoms with Crippen LogP contribution in [0.5, 0.6) is 0 Å². The number of nitrogens with two attached hydrogens (primary N) is 1. The molecule has 0 saturated carbocycles. The molecule has 0 spiro atoms. The summed E-state index contributed by atoms with van der Waals surface area (Å²) in [5.41, 5.74) is 5.59. The first-order chi connectivity index (χ1) is 22.3. The van der Waals surface area contributed by atoms with Crippen molar-refractivity contribution in [2.24, 2.45) is 0 Å². The number of halogens is 2. The van der Waals surface area contributed by atoms with E-state index in [2.05, 4.69) is 20.4 Å². The van der Waals surface area contributed by atoms with Crippen molar-refractivity contribution in [3.63, 3.8) is 0 Å². The number of aromatic nitrogens is 4. The minimum atomic E-state index is -2.47. The SMILES string of the molecule is [B]C1(C(=O)N2C([B])([B])C([B])([B])N(C3COC3)C([B])([B])C2([B])[B])CCN(c2c(F)cncc2NC(=O)c2c(N)nn3cc(F)cnc23)CC1. The van der Waals surface area contributed by atoms with Gasteiger partial charge in [-0.25, -0.2) is 18.3 Å². The first kappa shape index (κ1) is 34.5. The number of carbonyl (C=O) groups excluding carboxylic acids is 2. The smallest absolute Gasteiger partial charge is 0.263 e. The molecule has 3 saturated heterocycles. The van der Waals surface area contributed by atoms with E-state index < -0.39 is 56.2 Å². The highest BCUT2D eigenvalue weighted by molar-refractivity contribution is 6.61. The van der Waals surface area contributed by atoms with Crippen molar-refractivity contribution in [3.8, 4) is 0 Å². The van der Waals surface area contributed by atoms with Crippen LogP contribution in [0, 0.1) is 11.6 Å². The Morgan fingerprint density at radius 2 is 1.52 bits per heavy atom. The molecule has 3 aromatic rings. The van der Waals surface area contributed by atoms with E-state index in [4.69, 9.17) is 81.1 Å². The Kier molecular flexibility index (Phi) is 8.17. The molecule has 18 radical (unpaired) electrons. The van der Waals surface area contributed by atoms with Gasteiger partial charge in [-0.05, 0) is 34.2 Å². The van der Waals surface area contributed by atoms with E-state index in [1.165, 1.54) is 11.1 Å². The number of ether oxygens (including phenoxy) is 1. The van der Waals surface area contributed by atoms with Gasteiger partial charge in [0.05, 0.1) is 120 Å². The molecular weight excluding hydrogens is 610 g/mol. The number of nitrogens with one attached hydrogen (secondary N) is 1. The van der Waals surface area contributed by atoms with Crippen molar-refractivity contribution in [1.29, 1.82) is 0 Å². The van der Waals surface area contributed by atoms with E-state index in [1.54, 1.807) is 0 Å². The standard InChI is InChI=1S/C25H20B9F2N9O3/c26-21(20(47)45-24(31,32)22(27,28)44(12-9-48-10-12)23(29,30)25(45,33)34)1-3-42(4-2-21)16-13(36)6-38-7-14(16)40-19(46)15-17(37)41-43-8-11(35)5-39-18(15)43/h5-8,12H,1-4,9-10H2,(H2,37,41)(H,40,46). The number of nitrogen functional groups attached to an aromatic ring is 1. The minimum absolute atomic E-state index is 0.0340. The lowest BCUT2D eigenvalue weighted by molar-refractivity contribution is -0.159. The summed E-state index contributed by atoms with van der Waals surface area (Å²) in [5.74, 6) is -3.52. The normalized spacial score (nSPS) is 23.0. The molecule has 0 unspecified atom stereocenters.